The largest absolute Gasteiger partial charge is 0.434 e. The first kappa shape index (κ1) is 15.9. The summed E-state index contributed by atoms with van der Waals surface area (Å²) in [4.78, 5) is 21.5. The summed E-state index contributed by atoms with van der Waals surface area (Å²) in [6.45, 7) is 1.32. The molecule has 132 valence electrons. The summed E-state index contributed by atoms with van der Waals surface area (Å²) in [5, 5.41) is 0. The van der Waals surface area contributed by atoms with Crippen LogP contribution in [0.2, 0.25) is 0 Å². The smallest absolute Gasteiger partial charge is 0.354 e. The zero-order valence-corrected chi connectivity index (χ0v) is 13.5. The van der Waals surface area contributed by atoms with E-state index in [-0.39, 0.29) is 5.92 Å². The van der Waals surface area contributed by atoms with Gasteiger partial charge < -0.3 is 14.5 Å². The predicted molar refractivity (Wildman–Crippen MR) is 84.1 cm³/mol. The Balaban J connectivity index is 1.64. The Bertz CT molecular complexity index is 898. The maximum absolute atomic E-state index is 12.9. The van der Waals surface area contributed by atoms with Crippen LogP contribution in [0.1, 0.15) is 30.3 Å². The molecule has 3 aromatic rings. The van der Waals surface area contributed by atoms with Crippen molar-refractivity contribution in [1.29, 1.82) is 0 Å². The highest BCUT2D eigenvalue weighted by Crippen LogP contribution is 2.33. The molecule has 1 unspecified atom stereocenters. The molecule has 1 atom stereocenters. The van der Waals surface area contributed by atoms with Crippen LogP contribution in [0.5, 0.6) is 0 Å². The molecule has 10 heteroatoms. The highest BCUT2D eigenvalue weighted by atomic mass is 19.4. The van der Waals surface area contributed by atoms with Gasteiger partial charge in [0.15, 0.2) is 17.2 Å². The zero-order valence-electron chi connectivity index (χ0n) is 13.5. The standard InChI is InChI=1S/C15H16F3N7/c1-24-6-10(15(16,17)18)23-13(24)9-3-2-4-25(5-9)14-11-12(20-7-19-11)21-8-22-14/h6-9H,2-5H2,1H3,(H,19,20,21,22). The monoisotopic (exact) mass is 351 g/mol. The second-order valence-electron chi connectivity index (χ2n) is 6.18. The Morgan fingerprint density at radius 1 is 1.24 bits per heavy atom. The first-order valence-corrected chi connectivity index (χ1v) is 7.93. The van der Waals surface area contributed by atoms with E-state index >= 15 is 0 Å². The van der Waals surface area contributed by atoms with Gasteiger partial charge in [0.25, 0.3) is 0 Å². The second kappa shape index (κ2) is 5.71. The van der Waals surface area contributed by atoms with E-state index in [2.05, 4.69) is 29.8 Å². The number of fused-ring (bicyclic) bond motifs is 1. The fourth-order valence-corrected chi connectivity index (χ4v) is 3.37. The lowest BCUT2D eigenvalue weighted by Gasteiger charge is -2.33. The van der Waals surface area contributed by atoms with E-state index in [1.807, 2.05) is 0 Å². The van der Waals surface area contributed by atoms with Crippen molar-refractivity contribution in [2.75, 3.05) is 18.0 Å². The first-order valence-electron chi connectivity index (χ1n) is 7.93. The second-order valence-corrected chi connectivity index (χ2v) is 6.18. The van der Waals surface area contributed by atoms with Crippen molar-refractivity contribution in [2.24, 2.45) is 7.05 Å². The molecular weight excluding hydrogens is 335 g/mol. The maximum Gasteiger partial charge on any atom is 0.434 e. The third-order valence-corrected chi connectivity index (χ3v) is 4.49. The number of H-pyrrole nitrogens is 1. The van der Waals surface area contributed by atoms with Crippen molar-refractivity contribution in [3.63, 3.8) is 0 Å². The Morgan fingerprint density at radius 3 is 2.84 bits per heavy atom. The van der Waals surface area contributed by atoms with E-state index in [1.54, 1.807) is 13.4 Å². The SMILES string of the molecule is Cn1cc(C(F)(F)F)nc1C1CCCN(c2ncnc3nc[nH]c23)C1. The molecule has 1 aliphatic rings. The molecule has 4 rings (SSSR count). The third kappa shape index (κ3) is 2.81. The highest BCUT2D eigenvalue weighted by Gasteiger charge is 2.36. The zero-order chi connectivity index (χ0) is 17.6. The van der Waals surface area contributed by atoms with Crippen molar-refractivity contribution >= 4 is 17.0 Å². The van der Waals surface area contributed by atoms with Crippen molar-refractivity contribution in [3.8, 4) is 0 Å². The third-order valence-electron chi connectivity index (χ3n) is 4.49. The number of anilines is 1. The molecule has 0 spiro atoms. The minimum atomic E-state index is -4.43. The molecule has 0 bridgehead atoms. The van der Waals surface area contributed by atoms with Crippen LogP contribution in [0.4, 0.5) is 19.0 Å². The summed E-state index contributed by atoms with van der Waals surface area (Å²) >= 11 is 0. The van der Waals surface area contributed by atoms with Gasteiger partial charge in [-0.25, -0.2) is 19.9 Å². The Hall–Kier alpha value is -2.65. The Morgan fingerprint density at radius 2 is 2.08 bits per heavy atom. The molecule has 25 heavy (non-hydrogen) atoms. The minimum absolute atomic E-state index is 0.0946. The van der Waals surface area contributed by atoms with Gasteiger partial charge >= 0.3 is 6.18 Å². The predicted octanol–water partition coefficient (Wildman–Crippen LogP) is 2.49. The average Bonchev–Trinajstić information content (AvgIpc) is 3.20. The van der Waals surface area contributed by atoms with E-state index in [0.29, 0.717) is 18.0 Å². The number of imidazole rings is 2. The van der Waals surface area contributed by atoms with Gasteiger partial charge in [-0.05, 0) is 12.8 Å². The van der Waals surface area contributed by atoms with Gasteiger partial charge in [0.1, 0.15) is 17.7 Å². The summed E-state index contributed by atoms with van der Waals surface area (Å²) in [7, 11) is 1.61. The quantitative estimate of drug-likeness (QED) is 0.768. The Labute approximate surface area is 140 Å². The number of aryl methyl sites for hydroxylation is 1. The van der Waals surface area contributed by atoms with Crippen LogP contribution in [0, 0.1) is 0 Å². The Kier molecular flexibility index (Phi) is 3.62. The van der Waals surface area contributed by atoms with Gasteiger partial charge in [-0.15, -0.1) is 0 Å². The van der Waals surface area contributed by atoms with Crippen LogP contribution >= 0.6 is 0 Å². The van der Waals surface area contributed by atoms with Crippen LogP contribution in [0.3, 0.4) is 0 Å². The number of halogens is 3. The molecule has 7 nitrogen and oxygen atoms in total. The number of aromatic amines is 1. The van der Waals surface area contributed by atoms with E-state index < -0.39 is 11.9 Å². The molecule has 0 radical (unpaired) electrons. The van der Waals surface area contributed by atoms with Gasteiger partial charge in [-0.2, -0.15) is 13.2 Å². The van der Waals surface area contributed by atoms with Crippen LogP contribution in [0.25, 0.3) is 11.2 Å². The van der Waals surface area contributed by atoms with Crippen LogP contribution in [-0.2, 0) is 13.2 Å². The molecule has 1 aliphatic heterocycles. The van der Waals surface area contributed by atoms with Crippen molar-refractivity contribution in [3.05, 3.63) is 30.4 Å². The first-order chi connectivity index (χ1) is 11.9. The number of nitrogens with zero attached hydrogens (tertiary/aromatic N) is 6. The van der Waals surface area contributed by atoms with Gasteiger partial charge in [-0.1, -0.05) is 0 Å². The fourth-order valence-electron chi connectivity index (χ4n) is 3.37. The number of rotatable bonds is 2. The summed E-state index contributed by atoms with van der Waals surface area (Å²) in [6.07, 6.45) is 1.25. The molecule has 0 saturated carbocycles. The molecule has 3 aromatic heterocycles. The van der Waals surface area contributed by atoms with E-state index in [0.717, 1.165) is 36.9 Å². The lowest BCUT2D eigenvalue weighted by atomic mass is 9.97. The van der Waals surface area contributed by atoms with Gasteiger partial charge in [0, 0.05) is 32.3 Å². The molecule has 0 aliphatic carbocycles. The molecule has 1 N–H and O–H groups in total. The number of hydrogen-bond acceptors (Lipinski definition) is 5. The lowest BCUT2D eigenvalue weighted by molar-refractivity contribution is -0.141. The molecule has 1 saturated heterocycles. The fraction of sp³-hybridized carbons (Fsp3) is 0.467. The number of hydrogen-bond donors (Lipinski definition) is 1. The van der Waals surface area contributed by atoms with E-state index in [1.165, 1.54) is 10.9 Å². The van der Waals surface area contributed by atoms with Crippen LogP contribution < -0.4 is 4.90 Å². The normalized spacial score (nSPS) is 18.9. The summed E-state index contributed by atoms with van der Waals surface area (Å²) in [6, 6.07) is 0. The number of alkyl halides is 3. The highest BCUT2D eigenvalue weighted by molar-refractivity contribution is 5.82. The van der Waals surface area contributed by atoms with Crippen molar-refractivity contribution in [1.82, 2.24) is 29.5 Å². The van der Waals surface area contributed by atoms with Gasteiger partial charge in [0.05, 0.1) is 6.33 Å². The van der Waals surface area contributed by atoms with E-state index in [4.69, 9.17) is 0 Å². The molecular formula is C15H16F3N7. The number of aromatic nitrogens is 6. The van der Waals surface area contributed by atoms with Crippen molar-refractivity contribution < 1.29 is 13.2 Å². The molecule has 0 aromatic carbocycles. The molecule has 1 fully saturated rings. The topological polar surface area (TPSA) is 75.5 Å². The summed E-state index contributed by atoms with van der Waals surface area (Å²) in [5.74, 6) is 1.08. The molecule has 0 amide bonds. The average molecular weight is 351 g/mol. The summed E-state index contributed by atoms with van der Waals surface area (Å²) < 4.78 is 40.2. The minimum Gasteiger partial charge on any atom is -0.354 e. The van der Waals surface area contributed by atoms with Gasteiger partial charge in [-0.3, -0.25) is 0 Å². The lowest BCUT2D eigenvalue weighted by Crippen LogP contribution is -2.36. The maximum atomic E-state index is 12.9. The van der Waals surface area contributed by atoms with Crippen LogP contribution in [0.15, 0.2) is 18.9 Å². The van der Waals surface area contributed by atoms with Crippen LogP contribution in [-0.4, -0.2) is 42.6 Å². The van der Waals surface area contributed by atoms with E-state index in [9.17, 15) is 13.2 Å². The molecule has 4 heterocycles. The van der Waals surface area contributed by atoms with Gasteiger partial charge in [0.2, 0.25) is 0 Å². The van der Waals surface area contributed by atoms with Crippen molar-refractivity contribution in [2.45, 2.75) is 24.9 Å². The number of nitrogens with one attached hydrogen (secondary N) is 1. The number of piperidine rings is 1. The summed E-state index contributed by atoms with van der Waals surface area (Å²) in [5.41, 5.74) is 0.461.